The summed E-state index contributed by atoms with van der Waals surface area (Å²) in [7, 11) is 0. The summed E-state index contributed by atoms with van der Waals surface area (Å²) >= 11 is 0. The van der Waals surface area contributed by atoms with Crippen molar-refractivity contribution in [3.8, 4) is 0 Å². The number of nitrogens with one attached hydrogen (secondary N) is 1. The standard InChI is InChI=1S/C15H21N3O/c1-15(8-3-2-4-9-15)18-14-16-10-11-6-5-7-12(19)13(11)17-14/h10H,2-9H2,1H3,(H,16,17,18). The Bertz CT molecular complexity index is 492. The van der Waals surface area contributed by atoms with Gasteiger partial charge in [0.1, 0.15) is 5.69 Å². The minimum Gasteiger partial charge on any atom is -0.349 e. The first-order valence-corrected chi connectivity index (χ1v) is 7.34. The smallest absolute Gasteiger partial charge is 0.223 e. The molecule has 2 aliphatic rings. The number of Topliss-reactive ketones (excluding diaryl/α,β-unsaturated/α-hetero) is 1. The quantitative estimate of drug-likeness (QED) is 0.886. The monoisotopic (exact) mass is 259 g/mol. The number of nitrogens with zero attached hydrogens (tertiary/aromatic N) is 2. The van der Waals surface area contributed by atoms with Gasteiger partial charge in [-0.15, -0.1) is 0 Å². The average molecular weight is 259 g/mol. The lowest BCUT2D eigenvalue weighted by molar-refractivity contribution is 0.0967. The van der Waals surface area contributed by atoms with Crippen molar-refractivity contribution in [3.05, 3.63) is 17.5 Å². The van der Waals surface area contributed by atoms with E-state index in [2.05, 4.69) is 22.2 Å². The van der Waals surface area contributed by atoms with Crippen LogP contribution in [0.15, 0.2) is 6.20 Å². The Balaban J connectivity index is 1.82. The van der Waals surface area contributed by atoms with Gasteiger partial charge in [0, 0.05) is 18.2 Å². The predicted molar refractivity (Wildman–Crippen MR) is 74.4 cm³/mol. The molecule has 19 heavy (non-hydrogen) atoms. The third-order valence-electron chi connectivity index (χ3n) is 4.35. The topological polar surface area (TPSA) is 54.9 Å². The van der Waals surface area contributed by atoms with Crippen LogP contribution in [0, 0.1) is 0 Å². The molecule has 0 atom stereocenters. The molecule has 1 aromatic heterocycles. The van der Waals surface area contributed by atoms with Crippen LogP contribution >= 0.6 is 0 Å². The zero-order valence-electron chi connectivity index (χ0n) is 11.5. The van der Waals surface area contributed by atoms with Crippen LogP contribution in [-0.2, 0) is 6.42 Å². The molecule has 1 heterocycles. The zero-order chi connectivity index (χ0) is 13.3. The van der Waals surface area contributed by atoms with E-state index < -0.39 is 0 Å². The van der Waals surface area contributed by atoms with Gasteiger partial charge in [0.2, 0.25) is 5.95 Å². The van der Waals surface area contributed by atoms with Crippen LogP contribution in [0.5, 0.6) is 0 Å². The van der Waals surface area contributed by atoms with Gasteiger partial charge in [-0.2, -0.15) is 0 Å². The maximum absolute atomic E-state index is 11.9. The highest BCUT2D eigenvalue weighted by atomic mass is 16.1. The molecule has 0 amide bonds. The third kappa shape index (κ3) is 2.62. The summed E-state index contributed by atoms with van der Waals surface area (Å²) in [6.45, 7) is 2.23. The van der Waals surface area contributed by atoms with Crippen molar-refractivity contribution >= 4 is 11.7 Å². The van der Waals surface area contributed by atoms with Crippen LogP contribution in [0.3, 0.4) is 0 Å². The summed E-state index contributed by atoms with van der Waals surface area (Å²) < 4.78 is 0. The number of fused-ring (bicyclic) bond motifs is 1. The minimum atomic E-state index is 0.0875. The van der Waals surface area contributed by atoms with Crippen molar-refractivity contribution in [3.63, 3.8) is 0 Å². The van der Waals surface area contributed by atoms with Crippen LogP contribution < -0.4 is 5.32 Å². The molecule has 4 heteroatoms. The van der Waals surface area contributed by atoms with Gasteiger partial charge in [0.15, 0.2) is 5.78 Å². The number of hydrogen-bond donors (Lipinski definition) is 1. The zero-order valence-corrected chi connectivity index (χ0v) is 11.5. The number of ketones is 1. The third-order valence-corrected chi connectivity index (χ3v) is 4.35. The highest BCUT2D eigenvalue weighted by Gasteiger charge is 2.28. The van der Waals surface area contributed by atoms with Gasteiger partial charge in [0.25, 0.3) is 0 Å². The molecule has 0 radical (unpaired) electrons. The molecule has 0 aromatic carbocycles. The number of aryl methyl sites for hydroxylation is 1. The van der Waals surface area contributed by atoms with E-state index >= 15 is 0 Å². The molecule has 0 aliphatic heterocycles. The fourth-order valence-corrected chi connectivity index (χ4v) is 3.18. The molecule has 1 aromatic rings. The van der Waals surface area contributed by atoms with Gasteiger partial charge in [0.05, 0.1) is 0 Å². The van der Waals surface area contributed by atoms with Crippen LogP contribution in [0.4, 0.5) is 5.95 Å². The van der Waals surface area contributed by atoms with Crippen molar-refractivity contribution in [2.75, 3.05) is 5.32 Å². The fourth-order valence-electron chi connectivity index (χ4n) is 3.18. The van der Waals surface area contributed by atoms with E-state index in [1.54, 1.807) is 0 Å². The van der Waals surface area contributed by atoms with Crippen molar-refractivity contribution in [2.45, 2.75) is 63.8 Å². The molecule has 0 spiro atoms. The number of rotatable bonds is 2. The van der Waals surface area contributed by atoms with Crippen molar-refractivity contribution in [1.82, 2.24) is 9.97 Å². The Morgan fingerprint density at radius 3 is 2.74 bits per heavy atom. The van der Waals surface area contributed by atoms with Crippen molar-refractivity contribution < 1.29 is 4.79 Å². The Morgan fingerprint density at radius 2 is 1.95 bits per heavy atom. The number of hydrogen-bond acceptors (Lipinski definition) is 4. The average Bonchev–Trinajstić information content (AvgIpc) is 2.40. The van der Waals surface area contributed by atoms with E-state index in [1.165, 1.54) is 19.3 Å². The van der Waals surface area contributed by atoms with Gasteiger partial charge in [-0.25, -0.2) is 9.97 Å². The largest absolute Gasteiger partial charge is 0.349 e. The van der Waals surface area contributed by atoms with Crippen LogP contribution in [0.1, 0.15) is 67.9 Å². The second-order valence-electron chi connectivity index (χ2n) is 6.09. The summed E-state index contributed by atoms with van der Waals surface area (Å²) in [4.78, 5) is 20.7. The number of aromatic nitrogens is 2. The van der Waals surface area contributed by atoms with Crippen LogP contribution in [-0.4, -0.2) is 21.3 Å². The fraction of sp³-hybridized carbons (Fsp3) is 0.667. The normalized spacial score (nSPS) is 21.8. The maximum atomic E-state index is 11.9. The van der Waals surface area contributed by atoms with E-state index in [-0.39, 0.29) is 11.3 Å². The van der Waals surface area contributed by atoms with E-state index in [0.29, 0.717) is 18.1 Å². The van der Waals surface area contributed by atoms with Gasteiger partial charge < -0.3 is 5.32 Å². The Hall–Kier alpha value is -1.45. The summed E-state index contributed by atoms with van der Waals surface area (Å²) in [6.07, 6.45) is 10.5. The molecule has 4 nitrogen and oxygen atoms in total. The predicted octanol–water partition coefficient (Wildman–Crippen LogP) is 3.13. The number of carbonyl (C=O) groups is 1. The molecule has 1 saturated carbocycles. The molecule has 0 bridgehead atoms. The second-order valence-corrected chi connectivity index (χ2v) is 6.09. The molecule has 2 aliphatic carbocycles. The van der Waals surface area contributed by atoms with Crippen LogP contribution in [0.25, 0.3) is 0 Å². The highest BCUT2D eigenvalue weighted by molar-refractivity contribution is 5.96. The lowest BCUT2D eigenvalue weighted by Gasteiger charge is -2.34. The molecule has 1 fully saturated rings. The Morgan fingerprint density at radius 1 is 1.16 bits per heavy atom. The molecule has 1 N–H and O–H groups in total. The Labute approximate surface area is 114 Å². The van der Waals surface area contributed by atoms with Gasteiger partial charge in [-0.1, -0.05) is 19.3 Å². The summed E-state index contributed by atoms with van der Waals surface area (Å²) in [5.74, 6) is 0.791. The lowest BCUT2D eigenvalue weighted by Crippen LogP contribution is -2.37. The summed E-state index contributed by atoms with van der Waals surface area (Å²) in [5.41, 5.74) is 1.74. The first kappa shape index (κ1) is 12.6. The second kappa shape index (κ2) is 4.91. The molecule has 0 saturated heterocycles. The molecule has 0 unspecified atom stereocenters. The van der Waals surface area contributed by atoms with E-state index in [9.17, 15) is 4.79 Å². The number of carbonyl (C=O) groups excluding carboxylic acids is 1. The maximum Gasteiger partial charge on any atom is 0.223 e. The minimum absolute atomic E-state index is 0.0875. The first-order valence-electron chi connectivity index (χ1n) is 7.34. The summed E-state index contributed by atoms with van der Waals surface area (Å²) in [5, 5.41) is 3.45. The lowest BCUT2D eigenvalue weighted by atomic mass is 9.83. The van der Waals surface area contributed by atoms with Gasteiger partial charge in [-0.05, 0) is 38.2 Å². The first-order chi connectivity index (χ1) is 9.16. The van der Waals surface area contributed by atoms with Gasteiger partial charge in [-0.3, -0.25) is 4.79 Å². The number of anilines is 1. The van der Waals surface area contributed by atoms with E-state index in [4.69, 9.17) is 0 Å². The summed E-state index contributed by atoms with van der Waals surface area (Å²) in [6, 6.07) is 0. The highest BCUT2D eigenvalue weighted by Crippen LogP contribution is 2.30. The van der Waals surface area contributed by atoms with Crippen molar-refractivity contribution in [2.24, 2.45) is 0 Å². The van der Waals surface area contributed by atoms with E-state index in [1.807, 2.05) is 6.20 Å². The SMILES string of the molecule is CC1(Nc2ncc3c(n2)C(=O)CCC3)CCCCC1. The molecular formula is C15H21N3O. The van der Waals surface area contributed by atoms with E-state index in [0.717, 1.165) is 31.2 Å². The van der Waals surface area contributed by atoms with Crippen molar-refractivity contribution in [1.29, 1.82) is 0 Å². The molecule has 3 rings (SSSR count). The van der Waals surface area contributed by atoms with Gasteiger partial charge >= 0.3 is 0 Å². The Kier molecular flexibility index (Phi) is 3.25. The molecule has 102 valence electrons. The van der Waals surface area contributed by atoms with Crippen LogP contribution in [0.2, 0.25) is 0 Å². The molecular weight excluding hydrogens is 238 g/mol.